The van der Waals surface area contributed by atoms with Crippen LogP contribution in [0.4, 0.5) is 0 Å². The first-order chi connectivity index (χ1) is 8.56. The van der Waals surface area contributed by atoms with E-state index in [1.165, 1.54) is 0 Å². The van der Waals surface area contributed by atoms with E-state index in [1.807, 2.05) is 13.0 Å². The molecule has 1 aromatic rings. The summed E-state index contributed by atoms with van der Waals surface area (Å²) in [5, 5.41) is 6.88. The van der Waals surface area contributed by atoms with Crippen LogP contribution in [0.2, 0.25) is 0 Å². The molecule has 1 N–H and O–H groups in total. The predicted molar refractivity (Wildman–Crippen MR) is 65.9 cm³/mol. The number of hydrogen-bond donors (Lipinski definition) is 1. The summed E-state index contributed by atoms with van der Waals surface area (Å²) >= 11 is 0. The summed E-state index contributed by atoms with van der Waals surface area (Å²) in [6, 6.07) is 1.88. The number of carbonyl (C=O) groups excluding carboxylic acids is 2. The minimum atomic E-state index is 0.0738. The number of piperazine rings is 1. The fraction of sp³-hybridized carbons (Fsp3) is 0.583. The predicted octanol–water partition coefficient (Wildman–Crippen LogP) is -0.0487. The van der Waals surface area contributed by atoms with Crippen molar-refractivity contribution >= 4 is 11.8 Å². The topological polar surface area (TPSA) is 69.3 Å². The van der Waals surface area contributed by atoms with Gasteiger partial charge in [0, 0.05) is 38.8 Å². The van der Waals surface area contributed by atoms with E-state index in [0.717, 1.165) is 11.4 Å². The third-order valence-electron chi connectivity index (χ3n) is 3.17. The second-order valence-electron chi connectivity index (χ2n) is 4.61. The minimum absolute atomic E-state index is 0.0738. The van der Waals surface area contributed by atoms with Crippen LogP contribution in [0.3, 0.4) is 0 Å². The molecule has 1 fully saturated rings. The zero-order valence-electron chi connectivity index (χ0n) is 10.8. The molecule has 2 rings (SSSR count). The van der Waals surface area contributed by atoms with Crippen LogP contribution in [0.1, 0.15) is 18.3 Å². The van der Waals surface area contributed by atoms with Crippen molar-refractivity contribution in [1.82, 2.24) is 20.0 Å². The number of aromatic amines is 1. The quantitative estimate of drug-likeness (QED) is 0.800. The molecule has 0 aromatic carbocycles. The molecular formula is C12H18N4O2. The Kier molecular flexibility index (Phi) is 3.64. The number of aromatic nitrogens is 2. The first-order valence-corrected chi connectivity index (χ1v) is 6.10. The summed E-state index contributed by atoms with van der Waals surface area (Å²) in [7, 11) is 0. The minimum Gasteiger partial charge on any atom is -0.339 e. The van der Waals surface area contributed by atoms with E-state index in [-0.39, 0.29) is 11.8 Å². The van der Waals surface area contributed by atoms with Crippen LogP contribution in [-0.4, -0.2) is 58.0 Å². The summed E-state index contributed by atoms with van der Waals surface area (Å²) < 4.78 is 0. The van der Waals surface area contributed by atoms with Crippen LogP contribution >= 0.6 is 0 Å². The lowest BCUT2D eigenvalue weighted by atomic mass is 10.2. The summed E-state index contributed by atoms with van der Waals surface area (Å²) in [5.74, 6) is 0.148. The third kappa shape index (κ3) is 2.88. The van der Waals surface area contributed by atoms with Crippen LogP contribution in [0, 0.1) is 6.92 Å². The monoisotopic (exact) mass is 250 g/mol. The lowest BCUT2D eigenvalue weighted by Crippen LogP contribution is -2.50. The highest BCUT2D eigenvalue weighted by molar-refractivity contribution is 5.79. The van der Waals surface area contributed by atoms with Crippen molar-refractivity contribution in [2.75, 3.05) is 26.2 Å². The van der Waals surface area contributed by atoms with Gasteiger partial charge in [0.2, 0.25) is 11.8 Å². The van der Waals surface area contributed by atoms with Crippen molar-refractivity contribution in [1.29, 1.82) is 0 Å². The van der Waals surface area contributed by atoms with Crippen LogP contribution in [0.5, 0.6) is 0 Å². The van der Waals surface area contributed by atoms with E-state index in [2.05, 4.69) is 10.2 Å². The molecule has 1 saturated heterocycles. The molecule has 18 heavy (non-hydrogen) atoms. The van der Waals surface area contributed by atoms with Gasteiger partial charge >= 0.3 is 0 Å². The van der Waals surface area contributed by atoms with Gasteiger partial charge in [0.05, 0.1) is 12.1 Å². The average molecular weight is 250 g/mol. The van der Waals surface area contributed by atoms with Crippen molar-refractivity contribution in [3.63, 3.8) is 0 Å². The van der Waals surface area contributed by atoms with E-state index in [1.54, 1.807) is 16.7 Å². The third-order valence-corrected chi connectivity index (χ3v) is 3.17. The molecule has 1 aliphatic heterocycles. The summed E-state index contributed by atoms with van der Waals surface area (Å²) in [4.78, 5) is 26.8. The first kappa shape index (κ1) is 12.6. The van der Waals surface area contributed by atoms with Gasteiger partial charge in [-0.1, -0.05) is 0 Å². The maximum absolute atomic E-state index is 12.0. The summed E-state index contributed by atoms with van der Waals surface area (Å²) in [5.41, 5.74) is 1.73. The molecule has 0 unspecified atom stereocenters. The van der Waals surface area contributed by atoms with Gasteiger partial charge in [0.1, 0.15) is 0 Å². The molecule has 2 amide bonds. The molecule has 0 radical (unpaired) electrons. The van der Waals surface area contributed by atoms with Gasteiger partial charge in [-0.3, -0.25) is 14.7 Å². The lowest BCUT2D eigenvalue weighted by molar-refractivity contribution is -0.138. The summed E-state index contributed by atoms with van der Waals surface area (Å²) in [6.45, 7) is 5.95. The number of hydrogen-bond acceptors (Lipinski definition) is 3. The molecule has 0 spiro atoms. The second-order valence-corrected chi connectivity index (χ2v) is 4.61. The zero-order valence-corrected chi connectivity index (χ0v) is 10.8. The largest absolute Gasteiger partial charge is 0.339 e. The molecule has 0 aliphatic carbocycles. The highest BCUT2D eigenvalue weighted by Gasteiger charge is 2.22. The standard InChI is InChI=1S/C12H18N4O2/c1-9-7-11(14-13-9)8-12(18)16-5-3-15(4-6-16)10(2)17/h7H,3-6,8H2,1-2H3,(H,13,14). The van der Waals surface area contributed by atoms with Crippen molar-refractivity contribution in [3.05, 3.63) is 17.5 Å². The second kappa shape index (κ2) is 5.20. The van der Waals surface area contributed by atoms with Gasteiger partial charge in [-0.15, -0.1) is 0 Å². The van der Waals surface area contributed by atoms with E-state index < -0.39 is 0 Å². The van der Waals surface area contributed by atoms with E-state index in [9.17, 15) is 9.59 Å². The Morgan fingerprint density at radius 1 is 1.28 bits per heavy atom. The number of nitrogens with one attached hydrogen (secondary N) is 1. The highest BCUT2D eigenvalue weighted by Crippen LogP contribution is 2.06. The van der Waals surface area contributed by atoms with Gasteiger partial charge < -0.3 is 9.80 Å². The van der Waals surface area contributed by atoms with Crippen LogP contribution in [-0.2, 0) is 16.0 Å². The molecule has 1 aromatic heterocycles. The van der Waals surface area contributed by atoms with Crippen LogP contribution in [0.25, 0.3) is 0 Å². The highest BCUT2D eigenvalue weighted by atomic mass is 16.2. The van der Waals surface area contributed by atoms with Gasteiger partial charge in [0.15, 0.2) is 0 Å². The first-order valence-electron chi connectivity index (χ1n) is 6.10. The van der Waals surface area contributed by atoms with E-state index in [0.29, 0.717) is 32.6 Å². The van der Waals surface area contributed by atoms with Gasteiger partial charge in [0.25, 0.3) is 0 Å². The maximum atomic E-state index is 12.0. The van der Waals surface area contributed by atoms with Crippen molar-refractivity contribution < 1.29 is 9.59 Å². The van der Waals surface area contributed by atoms with Gasteiger partial charge in [-0.2, -0.15) is 5.10 Å². The van der Waals surface area contributed by atoms with Crippen molar-refractivity contribution in [2.24, 2.45) is 0 Å². The lowest BCUT2D eigenvalue weighted by Gasteiger charge is -2.34. The number of H-pyrrole nitrogens is 1. The summed E-state index contributed by atoms with van der Waals surface area (Å²) in [6.07, 6.45) is 0.324. The molecule has 6 nitrogen and oxygen atoms in total. The fourth-order valence-electron chi connectivity index (χ4n) is 2.10. The zero-order chi connectivity index (χ0) is 13.1. The number of amides is 2. The molecule has 0 atom stereocenters. The van der Waals surface area contributed by atoms with Crippen molar-refractivity contribution in [2.45, 2.75) is 20.3 Å². The molecule has 0 saturated carbocycles. The SMILES string of the molecule is CC(=O)N1CCN(C(=O)Cc2cc(C)[nH]n2)CC1. The van der Waals surface area contributed by atoms with Gasteiger partial charge in [-0.05, 0) is 13.0 Å². The molecule has 0 bridgehead atoms. The number of carbonyl (C=O) groups is 2. The Morgan fingerprint density at radius 2 is 1.89 bits per heavy atom. The Morgan fingerprint density at radius 3 is 2.39 bits per heavy atom. The number of rotatable bonds is 2. The van der Waals surface area contributed by atoms with Crippen molar-refractivity contribution in [3.8, 4) is 0 Å². The normalized spacial score (nSPS) is 15.9. The van der Waals surface area contributed by atoms with Crippen LogP contribution < -0.4 is 0 Å². The molecule has 6 heteroatoms. The number of nitrogens with zero attached hydrogens (tertiary/aromatic N) is 3. The Bertz CT molecular complexity index is 447. The molecular weight excluding hydrogens is 232 g/mol. The van der Waals surface area contributed by atoms with E-state index >= 15 is 0 Å². The average Bonchev–Trinajstić information content (AvgIpc) is 2.75. The Hall–Kier alpha value is -1.85. The smallest absolute Gasteiger partial charge is 0.228 e. The van der Waals surface area contributed by atoms with E-state index in [4.69, 9.17) is 0 Å². The number of aryl methyl sites for hydroxylation is 1. The molecule has 98 valence electrons. The molecule has 1 aliphatic rings. The Balaban J connectivity index is 1.86. The maximum Gasteiger partial charge on any atom is 0.228 e. The fourth-order valence-corrected chi connectivity index (χ4v) is 2.10. The van der Waals surface area contributed by atoms with Gasteiger partial charge in [-0.25, -0.2) is 0 Å². The molecule has 2 heterocycles. The Labute approximate surface area is 106 Å². The van der Waals surface area contributed by atoms with Crippen LogP contribution in [0.15, 0.2) is 6.07 Å².